The van der Waals surface area contributed by atoms with Gasteiger partial charge in [-0.15, -0.1) is 0 Å². The Labute approximate surface area is 122 Å². The highest BCUT2D eigenvalue weighted by Gasteiger charge is 2.18. The summed E-state index contributed by atoms with van der Waals surface area (Å²) in [4.78, 5) is 36.3. The molecule has 1 saturated heterocycles. The predicted molar refractivity (Wildman–Crippen MR) is 75.7 cm³/mol. The van der Waals surface area contributed by atoms with Crippen molar-refractivity contribution in [3.05, 3.63) is 35.4 Å². The second-order valence-corrected chi connectivity index (χ2v) is 4.96. The zero-order chi connectivity index (χ0) is 15.2. The first-order valence-electron chi connectivity index (χ1n) is 6.92. The first-order valence-corrected chi connectivity index (χ1v) is 6.92. The number of carbonyl (C=O) groups is 3. The van der Waals surface area contributed by atoms with Crippen LogP contribution in [0.4, 0.5) is 0 Å². The van der Waals surface area contributed by atoms with Crippen LogP contribution in [0.2, 0.25) is 0 Å². The average molecular weight is 290 g/mol. The predicted octanol–water partition coefficient (Wildman–Crippen LogP) is 0.955. The van der Waals surface area contributed by atoms with E-state index in [1.807, 2.05) is 0 Å². The summed E-state index contributed by atoms with van der Waals surface area (Å²) in [5.74, 6) is -1.32. The minimum absolute atomic E-state index is 0.170. The summed E-state index contributed by atoms with van der Waals surface area (Å²) in [6.07, 6.45) is 3.12. The van der Waals surface area contributed by atoms with Crippen LogP contribution in [0, 0.1) is 0 Å². The fraction of sp³-hybridized carbons (Fsp3) is 0.400. The summed E-state index contributed by atoms with van der Waals surface area (Å²) in [7, 11) is 0. The standard InChI is InChI=1S/C15H18N2O4/c16-14(19)11-4-6-12(7-5-11)15(20)21-10-13(18)17-8-2-1-3-9-17/h4-7H,1-3,8-10H2,(H2,16,19). The molecule has 0 saturated carbocycles. The highest BCUT2D eigenvalue weighted by atomic mass is 16.5. The van der Waals surface area contributed by atoms with Gasteiger partial charge in [0.25, 0.3) is 5.91 Å². The lowest BCUT2D eigenvalue weighted by Crippen LogP contribution is -2.38. The molecule has 112 valence electrons. The molecule has 0 aliphatic carbocycles. The van der Waals surface area contributed by atoms with E-state index in [1.54, 1.807) is 4.90 Å². The number of piperidine rings is 1. The Hall–Kier alpha value is -2.37. The summed E-state index contributed by atoms with van der Waals surface area (Å²) < 4.78 is 5.00. The van der Waals surface area contributed by atoms with Gasteiger partial charge < -0.3 is 15.4 Å². The third-order valence-corrected chi connectivity index (χ3v) is 3.44. The molecule has 6 heteroatoms. The van der Waals surface area contributed by atoms with Gasteiger partial charge in [0.1, 0.15) is 0 Å². The number of amides is 2. The van der Waals surface area contributed by atoms with Gasteiger partial charge in [0.05, 0.1) is 5.56 Å². The van der Waals surface area contributed by atoms with Gasteiger partial charge in [-0.1, -0.05) is 0 Å². The Kier molecular flexibility index (Phi) is 4.92. The van der Waals surface area contributed by atoms with E-state index in [2.05, 4.69) is 0 Å². The first-order chi connectivity index (χ1) is 10.1. The molecule has 1 fully saturated rings. The molecule has 0 atom stereocenters. The third kappa shape index (κ3) is 4.05. The maximum Gasteiger partial charge on any atom is 0.338 e. The van der Waals surface area contributed by atoms with E-state index in [0.717, 1.165) is 32.4 Å². The zero-order valence-corrected chi connectivity index (χ0v) is 11.7. The van der Waals surface area contributed by atoms with Crippen molar-refractivity contribution in [2.75, 3.05) is 19.7 Å². The number of primary amides is 1. The topological polar surface area (TPSA) is 89.7 Å². The molecule has 2 rings (SSSR count). The van der Waals surface area contributed by atoms with E-state index in [0.29, 0.717) is 5.56 Å². The van der Waals surface area contributed by atoms with Crippen LogP contribution in [-0.2, 0) is 9.53 Å². The lowest BCUT2D eigenvalue weighted by atomic mass is 10.1. The van der Waals surface area contributed by atoms with Gasteiger partial charge >= 0.3 is 5.97 Å². The van der Waals surface area contributed by atoms with E-state index in [9.17, 15) is 14.4 Å². The summed E-state index contributed by atoms with van der Waals surface area (Å²) in [5.41, 5.74) is 5.72. The molecular weight excluding hydrogens is 272 g/mol. The molecule has 21 heavy (non-hydrogen) atoms. The maximum atomic E-state index is 11.9. The second kappa shape index (κ2) is 6.88. The van der Waals surface area contributed by atoms with Gasteiger partial charge in [0.15, 0.2) is 6.61 Å². The van der Waals surface area contributed by atoms with E-state index < -0.39 is 11.9 Å². The molecule has 0 radical (unpaired) electrons. The largest absolute Gasteiger partial charge is 0.452 e. The molecule has 0 spiro atoms. The first kappa shape index (κ1) is 15.0. The van der Waals surface area contributed by atoms with Crippen molar-refractivity contribution < 1.29 is 19.1 Å². The fourth-order valence-electron chi connectivity index (χ4n) is 2.22. The summed E-state index contributed by atoms with van der Waals surface area (Å²) in [6.45, 7) is 1.20. The highest BCUT2D eigenvalue weighted by Crippen LogP contribution is 2.10. The Morgan fingerprint density at radius 1 is 1.00 bits per heavy atom. The number of ether oxygens (including phenoxy) is 1. The lowest BCUT2D eigenvalue weighted by molar-refractivity contribution is -0.135. The number of carbonyl (C=O) groups excluding carboxylic acids is 3. The number of nitrogens with zero attached hydrogens (tertiary/aromatic N) is 1. The normalized spacial score (nSPS) is 14.6. The highest BCUT2D eigenvalue weighted by molar-refractivity contribution is 5.95. The van der Waals surface area contributed by atoms with Crippen LogP contribution in [0.1, 0.15) is 40.0 Å². The van der Waals surface area contributed by atoms with Gasteiger partial charge in [-0.2, -0.15) is 0 Å². The molecular formula is C15H18N2O4. The monoisotopic (exact) mass is 290 g/mol. The van der Waals surface area contributed by atoms with Crippen LogP contribution >= 0.6 is 0 Å². The molecule has 0 bridgehead atoms. The number of hydrogen-bond acceptors (Lipinski definition) is 4. The zero-order valence-electron chi connectivity index (χ0n) is 11.7. The smallest absolute Gasteiger partial charge is 0.338 e. The Bertz CT molecular complexity index is 533. The van der Waals surface area contributed by atoms with E-state index >= 15 is 0 Å². The van der Waals surface area contributed by atoms with Crippen molar-refractivity contribution in [2.45, 2.75) is 19.3 Å². The molecule has 1 aliphatic heterocycles. The molecule has 0 unspecified atom stereocenters. The third-order valence-electron chi connectivity index (χ3n) is 3.44. The molecule has 1 heterocycles. The van der Waals surface area contributed by atoms with Crippen molar-refractivity contribution >= 4 is 17.8 Å². The number of likely N-dealkylation sites (tertiary alicyclic amines) is 1. The molecule has 1 aromatic carbocycles. The number of benzene rings is 1. The lowest BCUT2D eigenvalue weighted by Gasteiger charge is -2.26. The van der Waals surface area contributed by atoms with Crippen molar-refractivity contribution in [2.24, 2.45) is 5.73 Å². The maximum absolute atomic E-state index is 11.9. The quantitative estimate of drug-likeness (QED) is 0.836. The van der Waals surface area contributed by atoms with Gasteiger partial charge in [-0.25, -0.2) is 4.79 Å². The molecule has 6 nitrogen and oxygen atoms in total. The summed E-state index contributed by atoms with van der Waals surface area (Å²) >= 11 is 0. The van der Waals surface area contributed by atoms with Crippen LogP contribution in [0.3, 0.4) is 0 Å². The van der Waals surface area contributed by atoms with E-state index in [-0.39, 0.29) is 18.1 Å². The van der Waals surface area contributed by atoms with Crippen molar-refractivity contribution in [3.8, 4) is 0 Å². The van der Waals surface area contributed by atoms with Gasteiger partial charge in [0, 0.05) is 18.7 Å². The van der Waals surface area contributed by atoms with Crippen LogP contribution in [-0.4, -0.2) is 42.4 Å². The Morgan fingerprint density at radius 3 is 2.14 bits per heavy atom. The molecule has 1 aliphatic rings. The van der Waals surface area contributed by atoms with Crippen molar-refractivity contribution in [3.63, 3.8) is 0 Å². The van der Waals surface area contributed by atoms with Crippen molar-refractivity contribution in [1.29, 1.82) is 0 Å². The summed E-state index contributed by atoms with van der Waals surface area (Å²) in [5, 5.41) is 0. The second-order valence-electron chi connectivity index (χ2n) is 4.96. The summed E-state index contributed by atoms with van der Waals surface area (Å²) in [6, 6.07) is 5.80. The number of hydrogen-bond donors (Lipinski definition) is 1. The van der Waals surface area contributed by atoms with E-state index in [4.69, 9.17) is 10.5 Å². The van der Waals surface area contributed by atoms with Crippen molar-refractivity contribution in [1.82, 2.24) is 4.90 Å². The number of esters is 1. The van der Waals surface area contributed by atoms with Gasteiger partial charge in [0.2, 0.25) is 5.91 Å². The molecule has 2 amide bonds. The van der Waals surface area contributed by atoms with Gasteiger partial charge in [-0.05, 0) is 43.5 Å². The average Bonchev–Trinajstić information content (AvgIpc) is 2.53. The van der Waals surface area contributed by atoms with Crippen LogP contribution in [0.5, 0.6) is 0 Å². The SMILES string of the molecule is NC(=O)c1ccc(C(=O)OCC(=O)N2CCCCC2)cc1. The fourth-order valence-corrected chi connectivity index (χ4v) is 2.22. The molecule has 2 N–H and O–H groups in total. The number of rotatable bonds is 4. The molecule has 0 aromatic heterocycles. The van der Waals surface area contributed by atoms with Gasteiger partial charge in [-0.3, -0.25) is 9.59 Å². The van der Waals surface area contributed by atoms with Crippen LogP contribution in [0.25, 0.3) is 0 Å². The van der Waals surface area contributed by atoms with Crippen LogP contribution in [0.15, 0.2) is 24.3 Å². The minimum Gasteiger partial charge on any atom is -0.452 e. The number of nitrogens with two attached hydrogens (primary N) is 1. The minimum atomic E-state index is -0.587. The Balaban J connectivity index is 1.86. The van der Waals surface area contributed by atoms with E-state index in [1.165, 1.54) is 24.3 Å². The Morgan fingerprint density at radius 2 is 1.57 bits per heavy atom. The molecule has 1 aromatic rings. The van der Waals surface area contributed by atoms with Crippen LogP contribution < -0.4 is 5.73 Å².